The van der Waals surface area contributed by atoms with E-state index in [2.05, 4.69) is 5.32 Å². The van der Waals surface area contributed by atoms with Crippen LogP contribution >= 0.6 is 0 Å². The first-order valence-corrected chi connectivity index (χ1v) is 7.68. The molecular weight excluding hydrogens is 311 g/mol. The van der Waals surface area contributed by atoms with Crippen molar-refractivity contribution in [3.63, 3.8) is 0 Å². The number of carbonyl (C=O) groups is 1. The van der Waals surface area contributed by atoms with E-state index in [4.69, 9.17) is 9.47 Å². The molecule has 0 aliphatic carbocycles. The minimum atomic E-state index is -0.269. The molecule has 2 aromatic rings. The highest BCUT2D eigenvalue weighted by Crippen LogP contribution is 2.34. The topological polar surface area (TPSA) is 50.8 Å². The van der Waals surface area contributed by atoms with Gasteiger partial charge in [0.05, 0.1) is 6.54 Å². The Bertz CT molecular complexity index is 734. The molecule has 1 heterocycles. The molecule has 0 spiro atoms. The molecule has 0 radical (unpaired) electrons. The van der Waals surface area contributed by atoms with Crippen LogP contribution in [-0.4, -0.2) is 31.2 Å². The highest BCUT2D eigenvalue weighted by Gasteiger charge is 2.17. The number of likely N-dealkylation sites (N-methyl/N-ethyl adjacent to an activating group) is 1. The first kappa shape index (κ1) is 16.3. The van der Waals surface area contributed by atoms with E-state index in [-0.39, 0.29) is 31.1 Å². The summed E-state index contributed by atoms with van der Waals surface area (Å²) in [5.41, 5.74) is 1.61. The van der Waals surface area contributed by atoms with Crippen LogP contribution in [0.2, 0.25) is 0 Å². The average Bonchev–Trinajstić information content (AvgIpc) is 3.02. The Morgan fingerprint density at radius 1 is 1.21 bits per heavy atom. The molecule has 0 bridgehead atoms. The lowest BCUT2D eigenvalue weighted by molar-refractivity contribution is -0.117. The molecule has 1 aliphatic heterocycles. The number of carbonyl (C=O) groups excluding carboxylic acids is 1. The number of anilines is 1. The summed E-state index contributed by atoms with van der Waals surface area (Å²) in [6.45, 7) is 2.39. The molecule has 1 N–H and O–H groups in total. The third kappa shape index (κ3) is 3.65. The summed E-state index contributed by atoms with van der Waals surface area (Å²) in [5, 5.41) is 2.84. The fraction of sp³-hybridized carbons (Fsp3) is 0.278. The van der Waals surface area contributed by atoms with E-state index in [0.29, 0.717) is 17.2 Å². The molecule has 0 unspecified atom stereocenters. The number of hydrogen-bond acceptors (Lipinski definition) is 4. The van der Waals surface area contributed by atoms with E-state index in [0.717, 1.165) is 5.56 Å². The maximum atomic E-state index is 13.0. The Morgan fingerprint density at radius 3 is 2.67 bits per heavy atom. The molecule has 1 amide bonds. The van der Waals surface area contributed by atoms with Crippen molar-refractivity contribution < 1.29 is 18.7 Å². The number of benzene rings is 2. The first-order chi connectivity index (χ1) is 11.5. The van der Waals surface area contributed by atoms with Crippen LogP contribution in [0.1, 0.15) is 18.5 Å². The average molecular weight is 330 g/mol. The van der Waals surface area contributed by atoms with Crippen molar-refractivity contribution in [2.24, 2.45) is 0 Å². The fourth-order valence-electron chi connectivity index (χ4n) is 2.53. The monoisotopic (exact) mass is 330 g/mol. The highest BCUT2D eigenvalue weighted by atomic mass is 19.1. The molecule has 1 aliphatic rings. The molecule has 0 aromatic heterocycles. The van der Waals surface area contributed by atoms with Crippen molar-refractivity contribution in [2.75, 3.05) is 25.7 Å². The van der Waals surface area contributed by atoms with E-state index < -0.39 is 0 Å². The lowest BCUT2D eigenvalue weighted by atomic mass is 10.1. The van der Waals surface area contributed by atoms with Crippen molar-refractivity contribution in [3.8, 4) is 11.5 Å². The van der Waals surface area contributed by atoms with Gasteiger partial charge in [0.1, 0.15) is 5.82 Å². The normalized spacial score (nSPS) is 13.8. The quantitative estimate of drug-likeness (QED) is 0.915. The predicted molar refractivity (Wildman–Crippen MR) is 88.6 cm³/mol. The van der Waals surface area contributed by atoms with Gasteiger partial charge in [-0.25, -0.2) is 4.39 Å². The molecule has 24 heavy (non-hydrogen) atoms. The zero-order valence-corrected chi connectivity index (χ0v) is 13.6. The van der Waals surface area contributed by atoms with Crippen LogP contribution < -0.4 is 14.8 Å². The Labute approximate surface area is 140 Å². The molecule has 126 valence electrons. The van der Waals surface area contributed by atoms with Crippen molar-refractivity contribution in [2.45, 2.75) is 13.0 Å². The van der Waals surface area contributed by atoms with Gasteiger partial charge in [0.15, 0.2) is 11.5 Å². The molecule has 0 saturated heterocycles. The fourth-order valence-corrected chi connectivity index (χ4v) is 2.53. The summed E-state index contributed by atoms with van der Waals surface area (Å²) in [4.78, 5) is 14.1. The molecule has 1 atom stereocenters. The van der Waals surface area contributed by atoms with Gasteiger partial charge in [0.25, 0.3) is 0 Å². The largest absolute Gasteiger partial charge is 0.454 e. The second-order valence-corrected chi connectivity index (χ2v) is 5.76. The van der Waals surface area contributed by atoms with Crippen molar-refractivity contribution in [3.05, 3.63) is 53.8 Å². The van der Waals surface area contributed by atoms with Crippen LogP contribution in [0.15, 0.2) is 42.5 Å². The van der Waals surface area contributed by atoms with Crippen molar-refractivity contribution >= 4 is 11.6 Å². The van der Waals surface area contributed by atoms with E-state index in [9.17, 15) is 9.18 Å². The second-order valence-electron chi connectivity index (χ2n) is 5.76. The van der Waals surface area contributed by atoms with Gasteiger partial charge < -0.3 is 14.8 Å². The van der Waals surface area contributed by atoms with Crippen LogP contribution in [0.5, 0.6) is 11.5 Å². The van der Waals surface area contributed by atoms with Crippen LogP contribution in [0.3, 0.4) is 0 Å². The summed E-state index contributed by atoms with van der Waals surface area (Å²) in [5.74, 6) is 0.898. The molecule has 6 heteroatoms. The highest BCUT2D eigenvalue weighted by molar-refractivity contribution is 5.92. The molecule has 0 saturated carbocycles. The Hall–Kier alpha value is -2.60. The maximum absolute atomic E-state index is 13.0. The van der Waals surface area contributed by atoms with Gasteiger partial charge >= 0.3 is 0 Å². The SMILES string of the molecule is C[C@H](c1ccc(F)cc1)N(C)CC(=O)Nc1ccc2c(c1)OCO2. The zero-order chi connectivity index (χ0) is 17.1. The molecule has 3 rings (SSSR count). The number of rotatable bonds is 5. The molecule has 2 aromatic carbocycles. The van der Waals surface area contributed by atoms with Gasteiger partial charge in [-0.05, 0) is 43.8 Å². The van der Waals surface area contributed by atoms with Gasteiger partial charge in [-0.3, -0.25) is 9.69 Å². The molecular formula is C18H19FN2O3. The van der Waals surface area contributed by atoms with E-state index in [1.165, 1.54) is 12.1 Å². The maximum Gasteiger partial charge on any atom is 0.238 e. The van der Waals surface area contributed by atoms with Gasteiger partial charge in [0, 0.05) is 17.8 Å². The lowest BCUT2D eigenvalue weighted by Crippen LogP contribution is -2.32. The Kier molecular flexibility index (Phi) is 4.66. The Balaban J connectivity index is 1.58. The number of hydrogen-bond donors (Lipinski definition) is 1. The van der Waals surface area contributed by atoms with Crippen LogP contribution in [0, 0.1) is 5.82 Å². The Morgan fingerprint density at radius 2 is 1.92 bits per heavy atom. The van der Waals surface area contributed by atoms with Crippen LogP contribution in [0.25, 0.3) is 0 Å². The number of amides is 1. The number of halogens is 1. The van der Waals surface area contributed by atoms with Crippen LogP contribution in [-0.2, 0) is 4.79 Å². The van der Waals surface area contributed by atoms with Crippen molar-refractivity contribution in [1.29, 1.82) is 0 Å². The minimum Gasteiger partial charge on any atom is -0.454 e. The number of nitrogens with zero attached hydrogens (tertiary/aromatic N) is 1. The number of ether oxygens (including phenoxy) is 2. The van der Waals surface area contributed by atoms with E-state index >= 15 is 0 Å². The van der Waals surface area contributed by atoms with Gasteiger partial charge in [-0.1, -0.05) is 12.1 Å². The second kappa shape index (κ2) is 6.88. The summed E-state index contributed by atoms with van der Waals surface area (Å²) in [6, 6.07) is 11.6. The standard InChI is InChI=1S/C18H19FN2O3/c1-12(13-3-5-14(19)6-4-13)21(2)10-18(22)20-15-7-8-16-17(9-15)24-11-23-16/h3-9,12H,10-11H2,1-2H3,(H,20,22)/t12-/m1/s1. The minimum absolute atomic E-state index is 0.00639. The number of fused-ring (bicyclic) bond motifs is 1. The molecule has 0 fully saturated rings. The van der Waals surface area contributed by atoms with Crippen LogP contribution in [0.4, 0.5) is 10.1 Å². The summed E-state index contributed by atoms with van der Waals surface area (Å²) in [6.07, 6.45) is 0. The lowest BCUT2D eigenvalue weighted by Gasteiger charge is -2.24. The zero-order valence-electron chi connectivity index (χ0n) is 13.6. The predicted octanol–water partition coefficient (Wildman–Crippen LogP) is 3.19. The van der Waals surface area contributed by atoms with Gasteiger partial charge in [-0.15, -0.1) is 0 Å². The van der Waals surface area contributed by atoms with Crippen molar-refractivity contribution in [1.82, 2.24) is 4.90 Å². The summed E-state index contributed by atoms with van der Waals surface area (Å²) in [7, 11) is 1.85. The van der Waals surface area contributed by atoms with E-state index in [1.807, 2.05) is 18.9 Å². The first-order valence-electron chi connectivity index (χ1n) is 7.68. The summed E-state index contributed by atoms with van der Waals surface area (Å²) < 4.78 is 23.5. The van der Waals surface area contributed by atoms with Gasteiger partial charge in [0.2, 0.25) is 12.7 Å². The van der Waals surface area contributed by atoms with E-state index in [1.54, 1.807) is 30.3 Å². The number of nitrogens with one attached hydrogen (secondary N) is 1. The molecule has 5 nitrogen and oxygen atoms in total. The third-order valence-electron chi connectivity index (χ3n) is 4.06. The smallest absolute Gasteiger partial charge is 0.238 e. The van der Waals surface area contributed by atoms with Gasteiger partial charge in [-0.2, -0.15) is 0 Å². The third-order valence-corrected chi connectivity index (χ3v) is 4.06. The summed E-state index contributed by atoms with van der Waals surface area (Å²) >= 11 is 0.